The Labute approximate surface area is 233 Å². The number of carbonyl (C=O) groups is 1. The molecule has 0 saturated heterocycles. The molecule has 0 radical (unpaired) electrons. The minimum Gasteiger partial charge on any atom is -0.493 e. The Morgan fingerprint density at radius 3 is 2.03 bits per heavy atom. The van der Waals surface area contributed by atoms with Crippen molar-refractivity contribution in [1.82, 2.24) is 0 Å². The zero-order valence-electron chi connectivity index (χ0n) is 23.1. The zero-order chi connectivity index (χ0) is 27.1. The van der Waals surface area contributed by atoms with Crippen LogP contribution in [0.1, 0.15) is 109 Å². The van der Waals surface area contributed by atoms with Gasteiger partial charge in [-0.1, -0.05) is 76.1 Å². The van der Waals surface area contributed by atoms with Gasteiger partial charge in [0.1, 0.15) is 11.5 Å². The highest BCUT2D eigenvalue weighted by molar-refractivity contribution is 5.91. The van der Waals surface area contributed by atoms with Gasteiger partial charge in [0, 0.05) is 16.5 Å². The molecule has 3 aromatic rings. The second-order valence-corrected chi connectivity index (χ2v) is 11.1. The highest BCUT2D eigenvalue weighted by Gasteiger charge is 2.48. The Morgan fingerprint density at radius 1 is 0.795 bits per heavy atom. The Balaban J connectivity index is 1.32. The number of fused-ring (bicyclic) bond motifs is 4. The molecular formula is C35H39NO3. The summed E-state index contributed by atoms with van der Waals surface area (Å²) in [7, 11) is 0. The number of esters is 1. The zero-order valence-corrected chi connectivity index (χ0v) is 23.1. The van der Waals surface area contributed by atoms with E-state index in [1.807, 2.05) is 12.1 Å². The van der Waals surface area contributed by atoms with Crippen molar-refractivity contribution in [3.63, 3.8) is 0 Å². The van der Waals surface area contributed by atoms with Gasteiger partial charge in [-0.3, -0.25) is 0 Å². The molecule has 0 fully saturated rings. The maximum atomic E-state index is 13.1. The van der Waals surface area contributed by atoms with Crippen LogP contribution in [0.2, 0.25) is 0 Å². The smallest absolute Gasteiger partial charge is 0.343 e. The molecule has 202 valence electrons. The van der Waals surface area contributed by atoms with E-state index in [1.165, 1.54) is 61.6 Å². The maximum Gasteiger partial charge on any atom is 0.343 e. The van der Waals surface area contributed by atoms with Crippen molar-refractivity contribution in [2.75, 3.05) is 6.61 Å². The monoisotopic (exact) mass is 521 g/mol. The van der Waals surface area contributed by atoms with Crippen LogP contribution < -0.4 is 9.47 Å². The molecule has 4 nitrogen and oxygen atoms in total. The van der Waals surface area contributed by atoms with Crippen LogP contribution in [0.5, 0.6) is 11.5 Å². The molecule has 0 bridgehead atoms. The lowest BCUT2D eigenvalue weighted by Gasteiger charge is -2.30. The van der Waals surface area contributed by atoms with E-state index in [0.717, 1.165) is 50.0 Å². The summed E-state index contributed by atoms with van der Waals surface area (Å²) in [4.78, 5) is 13.1. The number of rotatable bonds is 12. The number of aryl methyl sites for hydroxylation is 2. The summed E-state index contributed by atoms with van der Waals surface area (Å²) in [6.45, 7) is 3.00. The van der Waals surface area contributed by atoms with E-state index < -0.39 is 5.97 Å². The molecule has 2 aliphatic carbocycles. The third-order valence-electron chi connectivity index (χ3n) is 8.53. The van der Waals surface area contributed by atoms with Crippen molar-refractivity contribution in [3.05, 3.63) is 94.0 Å². The molecule has 0 amide bonds. The largest absolute Gasteiger partial charge is 0.493 e. The fraction of sp³-hybridized carbons (Fsp3) is 0.429. The van der Waals surface area contributed by atoms with Gasteiger partial charge in [-0.05, 0) is 79.6 Å². The second-order valence-electron chi connectivity index (χ2n) is 11.1. The molecule has 0 saturated carbocycles. The minimum absolute atomic E-state index is 0.192. The first kappa shape index (κ1) is 27.0. The van der Waals surface area contributed by atoms with Crippen LogP contribution in [0.4, 0.5) is 0 Å². The summed E-state index contributed by atoms with van der Waals surface area (Å²) in [5.41, 5.74) is 5.82. The minimum atomic E-state index is -0.396. The maximum absolute atomic E-state index is 13.1. The predicted octanol–water partition coefficient (Wildman–Crippen LogP) is 8.48. The average molecular weight is 522 g/mol. The van der Waals surface area contributed by atoms with Gasteiger partial charge in [0.05, 0.1) is 23.8 Å². The van der Waals surface area contributed by atoms with E-state index in [0.29, 0.717) is 16.9 Å². The quantitative estimate of drug-likeness (QED) is 0.136. The molecule has 1 spiro atoms. The summed E-state index contributed by atoms with van der Waals surface area (Å²) in [5, 5.41) is 9.08. The van der Waals surface area contributed by atoms with Crippen molar-refractivity contribution in [3.8, 4) is 17.6 Å². The molecule has 0 aliphatic heterocycles. The second kappa shape index (κ2) is 12.5. The first-order valence-electron chi connectivity index (χ1n) is 14.8. The molecule has 4 heteroatoms. The molecule has 1 atom stereocenters. The Hall–Kier alpha value is -3.58. The van der Waals surface area contributed by atoms with E-state index in [1.54, 1.807) is 24.3 Å². The summed E-state index contributed by atoms with van der Waals surface area (Å²) < 4.78 is 12.5. The van der Waals surface area contributed by atoms with Gasteiger partial charge in [-0.25, -0.2) is 4.79 Å². The van der Waals surface area contributed by atoms with Crippen molar-refractivity contribution >= 4 is 5.97 Å². The highest BCUT2D eigenvalue weighted by Crippen LogP contribution is 2.57. The van der Waals surface area contributed by atoms with Crippen molar-refractivity contribution < 1.29 is 14.3 Å². The number of benzene rings is 3. The van der Waals surface area contributed by atoms with Gasteiger partial charge in [-0.15, -0.1) is 0 Å². The number of hydrogen-bond donors (Lipinski definition) is 0. The number of hydrogen-bond acceptors (Lipinski definition) is 4. The SMILES string of the molecule is CCCCCCCCCCOc1cccc2c1C1(CC2)CCc2cccc(OC(=O)c3ccc(C#N)cc3)c21. The van der Waals surface area contributed by atoms with Crippen LogP contribution in [-0.4, -0.2) is 12.6 Å². The van der Waals surface area contributed by atoms with Crippen LogP contribution in [-0.2, 0) is 18.3 Å². The molecule has 3 aromatic carbocycles. The molecular weight excluding hydrogens is 482 g/mol. The van der Waals surface area contributed by atoms with Gasteiger partial charge in [-0.2, -0.15) is 5.26 Å². The third kappa shape index (κ3) is 5.74. The van der Waals surface area contributed by atoms with Gasteiger partial charge in [0.2, 0.25) is 0 Å². The van der Waals surface area contributed by atoms with E-state index in [4.69, 9.17) is 14.7 Å². The Kier molecular flexibility index (Phi) is 8.67. The van der Waals surface area contributed by atoms with Crippen molar-refractivity contribution in [1.29, 1.82) is 5.26 Å². The van der Waals surface area contributed by atoms with Gasteiger partial charge in [0.15, 0.2) is 0 Å². The lowest BCUT2D eigenvalue weighted by molar-refractivity contribution is 0.0732. The molecule has 5 rings (SSSR count). The number of carbonyl (C=O) groups excluding carboxylic acids is 1. The fourth-order valence-corrected chi connectivity index (χ4v) is 6.57. The standard InChI is InChI=1S/C35H39NO3/c1-2-3-4-5-6-7-8-9-24-38-30-14-10-12-27-20-22-35(32(27)30)23-21-28-13-11-15-31(33(28)35)39-34(37)29-18-16-26(25-36)17-19-29/h10-19H,2-9,20-24H2,1H3. The lowest BCUT2D eigenvalue weighted by atomic mass is 9.76. The van der Waals surface area contributed by atoms with Gasteiger partial charge in [0.25, 0.3) is 0 Å². The molecule has 0 N–H and O–H groups in total. The fourth-order valence-electron chi connectivity index (χ4n) is 6.57. The van der Waals surface area contributed by atoms with E-state index >= 15 is 0 Å². The van der Waals surface area contributed by atoms with E-state index in [9.17, 15) is 4.79 Å². The predicted molar refractivity (Wildman–Crippen MR) is 155 cm³/mol. The highest BCUT2D eigenvalue weighted by atomic mass is 16.5. The summed E-state index contributed by atoms with van der Waals surface area (Å²) in [5.74, 6) is 1.24. The summed E-state index contributed by atoms with van der Waals surface area (Å²) >= 11 is 0. The number of nitrogens with zero attached hydrogens (tertiary/aromatic N) is 1. The topological polar surface area (TPSA) is 59.3 Å². The van der Waals surface area contributed by atoms with Gasteiger partial charge < -0.3 is 9.47 Å². The first-order valence-corrected chi connectivity index (χ1v) is 14.8. The van der Waals surface area contributed by atoms with Crippen molar-refractivity contribution in [2.24, 2.45) is 0 Å². The molecule has 1 unspecified atom stereocenters. The molecule has 2 aliphatic rings. The molecule has 0 aromatic heterocycles. The number of unbranched alkanes of at least 4 members (excludes halogenated alkanes) is 7. The molecule has 0 heterocycles. The Morgan fingerprint density at radius 2 is 1.38 bits per heavy atom. The van der Waals surface area contributed by atoms with Crippen LogP contribution in [0.15, 0.2) is 60.7 Å². The lowest BCUT2D eigenvalue weighted by Crippen LogP contribution is -2.24. The third-order valence-corrected chi connectivity index (χ3v) is 8.53. The molecule has 39 heavy (non-hydrogen) atoms. The number of ether oxygens (including phenoxy) is 2. The van der Waals surface area contributed by atoms with Crippen molar-refractivity contribution in [2.45, 2.75) is 89.4 Å². The van der Waals surface area contributed by atoms with E-state index in [2.05, 4.69) is 37.3 Å². The first-order chi connectivity index (χ1) is 19.2. The number of nitriles is 1. The van der Waals surface area contributed by atoms with Crippen LogP contribution in [0, 0.1) is 11.3 Å². The average Bonchev–Trinajstić information content (AvgIpc) is 3.54. The van der Waals surface area contributed by atoms with Gasteiger partial charge >= 0.3 is 5.97 Å². The summed E-state index contributed by atoms with van der Waals surface area (Å²) in [6.07, 6.45) is 14.2. The van der Waals surface area contributed by atoms with Crippen LogP contribution >= 0.6 is 0 Å². The Bertz CT molecular complexity index is 1330. The van der Waals surface area contributed by atoms with Crippen LogP contribution in [0.25, 0.3) is 0 Å². The van der Waals surface area contributed by atoms with Crippen LogP contribution in [0.3, 0.4) is 0 Å². The normalized spacial score (nSPS) is 17.0. The summed E-state index contributed by atoms with van der Waals surface area (Å²) in [6, 6.07) is 21.3. The van der Waals surface area contributed by atoms with E-state index in [-0.39, 0.29) is 5.41 Å².